The van der Waals surface area contributed by atoms with E-state index in [1.807, 2.05) is 0 Å². The molecule has 0 aliphatic rings. The molecule has 0 saturated heterocycles. The van der Waals surface area contributed by atoms with E-state index in [1.54, 1.807) is 43.3 Å². The van der Waals surface area contributed by atoms with Gasteiger partial charge in [0.15, 0.2) is 0 Å². The van der Waals surface area contributed by atoms with Crippen molar-refractivity contribution in [1.82, 2.24) is 9.97 Å². The normalized spacial score (nSPS) is 10.3. The molecule has 0 radical (unpaired) electrons. The molecular formula is C16H20N4O4. The molecule has 0 unspecified atom stereocenters. The molecule has 0 bridgehead atoms. The van der Waals surface area contributed by atoms with Gasteiger partial charge in [-0.25, -0.2) is 4.98 Å². The molecule has 8 heteroatoms. The monoisotopic (exact) mass is 332 g/mol. The molecule has 1 aromatic heterocycles. The zero-order valence-electron chi connectivity index (χ0n) is 13.9. The Balaban J connectivity index is 2.33. The summed E-state index contributed by atoms with van der Waals surface area (Å²) in [4.78, 5) is 20.7. The highest BCUT2D eigenvalue weighted by atomic mass is 16.6. The molecule has 0 N–H and O–H groups in total. The minimum Gasteiger partial charge on any atom is -0.497 e. The molecule has 128 valence electrons. The zero-order valence-corrected chi connectivity index (χ0v) is 13.9. The fourth-order valence-electron chi connectivity index (χ4n) is 2.12. The van der Waals surface area contributed by atoms with Crippen molar-refractivity contribution in [3.8, 4) is 17.4 Å². The average Bonchev–Trinajstić information content (AvgIpc) is 2.59. The summed E-state index contributed by atoms with van der Waals surface area (Å²) in [7, 11) is 3.33. The summed E-state index contributed by atoms with van der Waals surface area (Å²) in [5.41, 5.74) is -0.244. The van der Waals surface area contributed by atoms with E-state index < -0.39 is 4.92 Å². The summed E-state index contributed by atoms with van der Waals surface area (Å²) in [6.07, 6.45) is 3.16. The standard InChI is InChI=1S/C16H20N4O4/c1-4-5-10-19(2)15-14(20(21)22)16(18-11-17-15)24-13-8-6-12(23-3)7-9-13/h6-9,11H,4-5,10H2,1-3H3. The summed E-state index contributed by atoms with van der Waals surface area (Å²) in [6, 6.07) is 6.73. The summed E-state index contributed by atoms with van der Waals surface area (Å²) in [5, 5.41) is 11.5. The van der Waals surface area contributed by atoms with Crippen LogP contribution in [0.25, 0.3) is 0 Å². The van der Waals surface area contributed by atoms with Crippen LogP contribution < -0.4 is 14.4 Å². The van der Waals surface area contributed by atoms with Crippen molar-refractivity contribution in [3.05, 3.63) is 40.7 Å². The van der Waals surface area contributed by atoms with E-state index in [2.05, 4.69) is 16.9 Å². The molecule has 24 heavy (non-hydrogen) atoms. The Labute approximate surface area is 140 Å². The first-order valence-corrected chi connectivity index (χ1v) is 7.59. The third-order valence-corrected chi connectivity index (χ3v) is 3.43. The van der Waals surface area contributed by atoms with Gasteiger partial charge in [-0.2, -0.15) is 4.98 Å². The lowest BCUT2D eigenvalue weighted by Gasteiger charge is -2.18. The van der Waals surface area contributed by atoms with Gasteiger partial charge in [0, 0.05) is 13.6 Å². The van der Waals surface area contributed by atoms with Crippen LogP contribution in [0.1, 0.15) is 19.8 Å². The first-order chi connectivity index (χ1) is 11.6. The van der Waals surface area contributed by atoms with E-state index >= 15 is 0 Å². The number of anilines is 1. The molecule has 0 aliphatic heterocycles. The summed E-state index contributed by atoms with van der Waals surface area (Å²) >= 11 is 0. The van der Waals surface area contributed by atoms with E-state index in [1.165, 1.54) is 6.33 Å². The van der Waals surface area contributed by atoms with Crippen molar-refractivity contribution in [2.24, 2.45) is 0 Å². The van der Waals surface area contributed by atoms with Crippen LogP contribution in [0.5, 0.6) is 17.4 Å². The van der Waals surface area contributed by atoms with Crippen LogP contribution in [0.15, 0.2) is 30.6 Å². The maximum absolute atomic E-state index is 11.5. The lowest BCUT2D eigenvalue weighted by molar-refractivity contribution is -0.385. The molecule has 1 aromatic carbocycles. The van der Waals surface area contributed by atoms with Crippen LogP contribution in [0.3, 0.4) is 0 Å². The SMILES string of the molecule is CCCCN(C)c1ncnc(Oc2ccc(OC)cc2)c1[N+](=O)[O-]. The largest absolute Gasteiger partial charge is 0.497 e. The second kappa shape index (κ2) is 8.09. The van der Waals surface area contributed by atoms with Crippen LogP contribution in [-0.4, -0.2) is 35.6 Å². The Morgan fingerprint density at radius 3 is 2.46 bits per heavy atom. The lowest BCUT2D eigenvalue weighted by Crippen LogP contribution is -2.21. The average molecular weight is 332 g/mol. The van der Waals surface area contributed by atoms with Gasteiger partial charge in [0.05, 0.1) is 12.0 Å². The highest BCUT2D eigenvalue weighted by Crippen LogP contribution is 2.35. The van der Waals surface area contributed by atoms with Crippen molar-refractivity contribution in [2.75, 3.05) is 25.6 Å². The smallest absolute Gasteiger partial charge is 0.373 e. The molecule has 0 amide bonds. The van der Waals surface area contributed by atoms with Gasteiger partial charge in [0.2, 0.25) is 5.82 Å². The van der Waals surface area contributed by atoms with E-state index in [-0.39, 0.29) is 17.4 Å². The Bertz CT molecular complexity index is 691. The van der Waals surface area contributed by atoms with Crippen molar-refractivity contribution in [3.63, 3.8) is 0 Å². The molecule has 2 rings (SSSR count). The van der Waals surface area contributed by atoms with Crippen molar-refractivity contribution >= 4 is 11.5 Å². The van der Waals surface area contributed by atoms with Gasteiger partial charge < -0.3 is 14.4 Å². The highest BCUT2D eigenvalue weighted by molar-refractivity contribution is 5.63. The first kappa shape index (κ1) is 17.5. The second-order valence-electron chi connectivity index (χ2n) is 5.16. The predicted molar refractivity (Wildman–Crippen MR) is 89.9 cm³/mol. The van der Waals surface area contributed by atoms with Crippen LogP contribution in [-0.2, 0) is 0 Å². The van der Waals surface area contributed by atoms with Gasteiger partial charge in [-0.1, -0.05) is 13.3 Å². The van der Waals surface area contributed by atoms with E-state index in [0.29, 0.717) is 18.0 Å². The zero-order chi connectivity index (χ0) is 17.5. The summed E-state index contributed by atoms with van der Waals surface area (Å²) in [5.74, 6) is 1.25. The molecule has 0 spiro atoms. The number of hydrogen-bond acceptors (Lipinski definition) is 7. The molecule has 8 nitrogen and oxygen atoms in total. The number of benzene rings is 1. The Morgan fingerprint density at radius 2 is 1.88 bits per heavy atom. The molecule has 0 fully saturated rings. The number of rotatable bonds is 8. The fourth-order valence-corrected chi connectivity index (χ4v) is 2.12. The van der Waals surface area contributed by atoms with Crippen molar-refractivity contribution in [1.29, 1.82) is 0 Å². The maximum Gasteiger partial charge on any atom is 0.373 e. The van der Waals surface area contributed by atoms with Gasteiger partial charge in [0.1, 0.15) is 17.8 Å². The van der Waals surface area contributed by atoms with E-state index in [0.717, 1.165) is 12.8 Å². The molecular weight excluding hydrogens is 312 g/mol. The molecule has 1 heterocycles. The quantitative estimate of drug-likeness (QED) is 0.540. The highest BCUT2D eigenvalue weighted by Gasteiger charge is 2.27. The van der Waals surface area contributed by atoms with E-state index in [4.69, 9.17) is 9.47 Å². The number of unbranched alkanes of at least 4 members (excludes halogenated alkanes) is 1. The maximum atomic E-state index is 11.5. The minimum atomic E-state index is -0.517. The number of nitrogens with zero attached hydrogens (tertiary/aromatic N) is 4. The lowest BCUT2D eigenvalue weighted by atomic mass is 10.3. The third kappa shape index (κ3) is 4.09. The number of nitro groups is 1. The van der Waals surface area contributed by atoms with Gasteiger partial charge in [-0.3, -0.25) is 10.1 Å². The van der Waals surface area contributed by atoms with Crippen molar-refractivity contribution < 1.29 is 14.4 Å². The number of ether oxygens (including phenoxy) is 2. The Kier molecular flexibility index (Phi) is 5.89. The fraction of sp³-hybridized carbons (Fsp3) is 0.375. The van der Waals surface area contributed by atoms with Gasteiger partial charge >= 0.3 is 11.6 Å². The van der Waals surface area contributed by atoms with Crippen LogP contribution >= 0.6 is 0 Å². The first-order valence-electron chi connectivity index (χ1n) is 7.59. The molecule has 0 aliphatic carbocycles. The summed E-state index contributed by atoms with van der Waals surface area (Å²) in [6.45, 7) is 2.72. The predicted octanol–water partition coefficient (Wildman–Crippen LogP) is 3.42. The van der Waals surface area contributed by atoms with Crippen molar-refractivity contribution in [2.45, 2.75) is 19.8 Å². The topological polar surface area (TPSA) is 90.6 Å². The Hall–Kier alpha value is -2.90. The molecule has 0 saturated carbocycles. The third-order valence-electron chi connectivity index (χ3n) is 3.43. The minimum absolute atomic E-state index is 0.0847. The number of methoxy groups -OCH3 is 1. The molecule has 0 atom stereocenters. The Morgan fingerprint density at radius 1 is 1.21 bits per heavy atom. The summed E-state index contributed by atoms with van der Waals surface area (Å²) < 4.78 is 10.7. The van der Waals surface area contributed by atoms with Gasteiger partial charge in [-0.05, 0) is 30.7 Å². The number of hydrogen-bond donors (Lipinski definition) is 0. The van der Waals surface area contributed by atoms with Crippen LogP contribution in [0.4, 0.5) is 11.5 Å². The second-order valence-corrected chi connectivity index (χ2v) is 5.16. The van der Waals surface area contributed by atoms with Gasteiger partial charge in [-0.15, -0.1) is 0 Å². The van der Waals surface area contributed by atoms with Crippen LogP contribution in [0, 0.1) is 10.1 Å². The van der Waals surface area contributed by atoms with Crippen LogP contribution in [0.2, 0.25) is 0 Å². The van der Waals surface area contributed by atoms with Gasteiger partial charge in [0.25, 0.3) is 0 Å². The van der Waals surface area contributed by atoms with E-state index in [9.17, 15) is 10.1 Å². The number of aromatic nitrogens is 2. The molecule has 2 aromatic rings.